The molecule has 6 nitrogen and oxygen atoms in total. The molecule has 3 rings (SSSR count). The van der Waals surface area contributed by atoms with Crippen molar-refractivity contribution in [1.82, 2.24) is 4.72 Å². The Morgan fingerprint density at radius 2 is 1.71 bits per heavy atom. The molecule has 3 N–H and O–H groups in total. The lowest BCUT2D eigenvalue weighted by atomic mass is 9.97. The monoisotopic (exact) mass is 397 g/mol. The van der Waals surface area contributed by atoms with Gasteiger partial charge in [-0.25, -0.2) is 8.42 Å². The molecule has 0 aromatic heterocycles. The van der Waals surface area contributed by atoms with E-state index in [1.807, 2.05) is 6.07 Å². The van der Waals surface area contributed by atoms with Crippen LogP contribution < -0.4 is 4.72 Å². The Morgan fingerprint density at radius 3 is 2.36 bits per heavy atom. The molecule has 0 saturated heterocycles. The Morgan fingerprint density at radius 1 is 1.04 bits per heavy atom. The lowest BCUT2D eigenvalue weighted by Gasteiger charge is -2.25. The maximum Gasteiger partial charge on any atom is 0.243 e. The highest BCUT2D eigenvalue weighted by atomic mass is 32.2. The van der Waals surface area contributed by atoms with Crippen molar-refractivity contribution >= 4 is 15.8 Å². The Kier molecular flexibility index (Phi) is 5.60. The number of aliphatic hydroxyl groups is 1. The summed E-state index contributed by atoms with van der Waals surface area (Å²) in [5.74, 6) is -0.607. The van der Waals surface area contributed by atoms with Crippen LogP contribution in [0.1, 0.15) is 10.4 Å². The molecule has 0 unspecified atom stereocenters. The van der Waals surface area contributed by atoms with Gasteiger partial charge in [0.15, 0.2) is 11.5 Å². The minimum absolute atomic E-state index is 0.146. The van der Waals surface area contributed by atoms with Crippen LogP contribution in [0.4, 0.5) is 0 Å². The number of rotatable bonds is 6. The maximum atomic E-state index is 12.4. The van der Waals surface area contributed by atoms with Crippen LogP contribution in [-0.2, 0) is 10.0 Å². The van der Waals surface area contributed by atoms with Crippen molar-refractivity contribution in [3.05, 3.63) is 96.6 Å². The Labute approximate surface area is 163 Å². The summed E-state index contributed by atoms with van der Waals surface area (Å²) in [7, 11) is -4.05. The summed E-state index contributed by atoms with van der Waals surface area (Å²) < 4.78 is 27.0. The quantitative estimate of drug-likeness (QED) is 0.301. The van der Waals surface area contributed by atoms with Crippen molar-refractivity contribution in [2.24, 2.45) is 5.92 Å². The van der Waals surface area contributed by atoms with Gasteiger partial charge in [0.1, 0.15) is 5.75 Å². The predicted molar refractivity (Wildman–Crippen MR) is 105 cm³/mol. The van der Waals surface area contributed by atoms with Gasteiger partial charge in [-0.2, -0.15) is 4.72 Å². The summed E-state index contributed by atoms with van der Waals surface area (Å²) in [5, 5.41) is 19.9. The maximum absolute atomic E-state index is 12.4. The van der Waals surface area contributed by atoms with Crippen molar-refractivity contribution in [3.8, 4) is 5.75 Å². The molecule has 1 aliphatic carbocycles. The third-order valence-corrected chi connectivity index (χ3v) is 5.57. The summed E-state index contributed by atoms with van der Waals surface area (Å²) >= 11 is 0. The van der Waals surface area contributed by atoms with E-state index < -0.39 is 15.7 Å². The zero-order chi connectivity index (χ0) is 20.2. The molecule has 2 aromatic carbocycles. The number of hydrogen-bond acceptors (Lipinski definition) is 5. The van der Waals surface area contributed by atoms with Gasteiger partial charge in [-0.3, -0.25) is 4.79 Å². The first kappa shape index (κ1) is 19.8. The number of aromatic hydroxyl groups is 1. The van der Waals surface area contributed by atoms with E-state index in [1.165, 1.54) is 36.4 Å². The van der Waals surface area contributed by atoms with Gasteiger partial charge in [0.05, 0.1) is 4.90 Å². The number of hydrogen-bond donors (Lipinski definition) is 3. The first-order valence-electron chi connectivity index (χ1n) is 8.49. The fraction of sp³-hybridized carbons (Fsp3) is 0.0952. The van der Waals surface area contributed by atoms with E-state index in [4.69, 9.17) is 0 Å². The first-order valence-corrected chi connectivity index (χ1v) is 9.97. The van der Waals surface area contributed by atoms with Crippen LogP contribution >= 0.6 is 0 Å². The molecule has 28 heavy (non-hydrogen) atoms. The fourth-order valence-electron chi connectivity index (χ4n) is 2.65. The van der Waals surface area contributed by atoms with Crippen molar-refractivity contribution < 1.29 is 23.4 Å². The van der Waals surface area contributed by atoms with Gasteiger partial charge in [-0.1, -0.05) is 54.6 Å². The lowest BCUT2D eigenvalue weighted by Crippen LogP contribution is -2.46. The van der Waals surface area contributed by atoms with Crippen molar-refractivity contribution in [2.75, 3.05) is 0 Å². The molecule has 0 spiro atoms. The van der Waals surface area contributed by atoms with Crippen LogP contribution in [0.5, 0.6) is 5.75 Å². The number of carbonyl (C=O) groups excluding carboxylic acids is 1. The SMILES string of the molecule is O=C(/C=C/C1C=CC(O)(NS(=O)(=O)c2cccc(O)c2)C=C1)c1ccccc1. The van der Waals surface area contributed by atoms with E-state index in [-0.39, 0.29) is 22.3 Å². The number of nitrogens with one attached hydrogen (secondary N) is 1. The van der Waals surface area contributed by atoms with E-state index in [9.17, 15) is 23.4 Å². The summed E-state index contributed by atoms with van der Waals surface area (Å²) in [6.07, 6.45) is 8.87. The average Bonchev–Trinajstić information content (AvgIpc) is 2.67. The second-order valence-electron chi connectivity index (χ2n) is 6.31. The summed E-state index contributed by atoms with van der Waals surface area (Å²) in [4.78, 5) is 11.9. The van der Waals surface area contributed by atoms with Crippen LogP contribution in [-0.4, -0.2) is 30.1 Å². The third kappa shape index (κ3) is 4.83. The predicted octanol–water partition coefficient (Wildman–Crippen LogP) is 2.54. The number of benzene rings is 2. The summed E-state index contributed by atoms with van der Waals surface area (Å²) in [6.45, 7) is 0. The Balaban J connectivity index is 1.68. The summed E-state index contributed by atoms with van der Waals surface area (Å²) in [6, 6.07) is 14.0. The molecule has 0 radical (unpaired) electrons. The van der Waals surface area contributed by atoms with Gasteiger partial charge < -0.3 is 10.2 Å². The number of sulfonamides is 1. The Bertz CT molecular complexity index is 1040. The molecule has 0 amide bonds. The molecule has 2 aromatic rings. The van der Waals surface area contributed by atoms with Crippen molar-refractivity contribution in [3.63, 3.8) is 0 Å². The van der Waals surface area contributed by atoms with Crippen molar-refractivity contribution in [2.45, 2.75) is 10.6 Å². The lowest BCUT2D eigenvalue weighted by molar-refractivity contribution is 0.104. The molecule has 144 valence electrons. The number of phenols is 1. The Hall–Kier alpha value is -3.00. The second-order valence-corrected chi connectivity index (χ2v) is 8.00. The molecular formula is C21H19NO5S. The summed E-state index contributed by atoms with van der Waals surface area (Å²) in [5.41, 5.74) is -1.34. The highest BCUT2D eigenvalue weighted by Crippen LogP contribution is 2.22. The third-order valence-electron chi connectivity index (χ3n) is 4.10. The van der Waals surface area contributed by atoms with E-state index >= 15 is 0 Å². The van der Waals surface area contributed by atoms with Gasteiger partial charge >= 0.3 is 0 Å². The topological polar surface area (TPSA) is 104 Å². The minimum Gasteiger partial charge on any atom is -0.508 e. The molecular weight excluding hydrogens is 378 g/mol. The van der Waals surface area contributed by atoms with Gasteiger partial charge in [0.2, 0.25) is 10.0 Å². The molecule has 0 saturated carbocycles. The van der Waals surface area contributed by atoms with Crippen LogP contribution in [0.15, 0.2) is 95.9 Å². The standard InChI is InChI=1S/C21H19NO5S/c23-18-7-4-8-19(15-18)28(26,27)22-21(25)13-11-16(12-14-21)9-10-20(24)17-5-2-1-3-6-17/h1-16,22-23,25H/b10-9+. The first-order chi connectivity index (χ1) is 13.3. The fourth-order valence-corrected chi connectivity index (χ4v) is 3.87. The molecule has 7 heteroatoms. The molecule has 1 aliphatic rings. The second kappa shape index (κ2) is 7.93. The zero-order valence-corrected chi connectivity index (χ0v) is 15.6. The van der Waals surface area contributed by atoms with E-state index in [1.54, 1.807) is 42.5 Å². The highest BCUT2D eigenvalue weighted by Gasteiger charge is 2.30. The van der Waals surface area contributed by atoms with Gasteiger partial charge in [0.25, 0.3) is 0 Å². The largest absolute Gasteiger partial charge is 0.508 e. The van der Waals surface area contributed by atoms with Crippen LogP contribution in [0.3, 0.4) is 0 Å². The van der Waals surface area contributed by atoms with E-state index in [0.29, 0.717) is 5.56 Å². The van der Waals surface area contributed by atoms with Crippen LogP contribution in [0, 0.1) is 5.92 Å². The number of allylic oxidation sites excluding steroid dienone is 4. The molecule has 0 atom stereocenters. The minimum atomic E-state index is -4.05. The normalized spacial score (nSPS) is 21.8. The van der Waals surface area contributed by atoms with Gasteiger partial charge in [0, 0.05) is 11.5 Å². The molecule has 0 bridgehead atoms. The highest BCUT2D eigenvalue weighted by molar-refractivity contribution is 7.89. The average molecular weight is 397 g/mol. The zero-order valence-electron chi connectivity index (χ0n) is 14.8. The molecule has 0 aliphatic heterocycles. The number of ketones is 1. The number of phenolic OH excluding ortho intramolecular Hbond substituents is 1. The van der Waals surface area contributed by atoms with Gasteiger partial charge in [-0.05, 0) is 36.4 Å². The smallest absolute Gasteiger partial charge is 0.243 e. The van der Waals surface area contributed by atoms with Crippen molar-refractivity contribution in [1.29, 1.82) is 0 Å². The van der Waals surface area contributed by atoms with Crippen LogP contribution in [0.2, 0.25) is 0 Å². The van der Waals surface area contributed by atoms with E-state index in [0.717, 1.165) is 6.07 Å². The van der Waals surface area contributed by atoms with E-state index in [2.05, 4.69) is 4.72 Å². The van der Waals surface area contributed by atoms with Crippen LogP contribution in [0.25, 0.3) is 0 Å². The molecule has 0 heterocycles. The number of carbonyl (C=O) groups is 1. The molecule has 0 fully saturated rings. The van der Waals surface area contributed by atoms with Gasteiger partial charge in [-0.15, -0.1) is 0 Å².